The van der Waals surface area contributed by atoms with E-state index in [1.165, 1.54) is 0 Å². The Balaban J connectivity index is 2.85. The van der Waals surface area contributed by atoms with E-state index in [1.54, 1.807) is 6.92 Å². The Labute approximate surface area is 97.3 Å². The maximum atomic E-state index is 11.9. The Bertz CT molecular complexity index is 358. The summed E-state index contributed by atoms with van der Waals surface area (Å²) in [5, 5.41) is 10.3. The molecule has 0 saturated heterocycles. The van der Waals surface area contributed by atoms with E-state index < -0.39 is 11.0 Å². The second-order valence-electron chi connectivity index (χ2n) is 5.49. The lowest BCUT2D eigenvalue weighted by molar-refractivity contribution is -0.131. The third kappa shape index (κ3) is 3.17. The van der Waals surface area contributed by atoms with Crippen molar-refractivity contribution >= 4 is 5.78 Å². The van der Waals surface area contributed by atoms with Gasteiger partial charge in [0, 0.05) is 11.8 Å². The highest BCUT2D eigenvalue weighted by atomic mass is 16.3. The van der Waals surface area contributed by atoms with Crippen molar-refractivity contribution in [3.05, 3.63) is 35.9 Å². The molecule has 0 heterocycles. The summed E-state index contributed by atoms with van der Waals surface area (Å²) >= 11 is 0. The molecule has 1 atom stereocenters. The molecule has 0 bridgehead atoms. The minimum atomic E-state index is -1.08. The molecule has 0 aliphatic rings. The summed E-state index contributed by atoms with van der Waals surface area (Å²) < 4.78 is 0. The van der Waals surface area contributed by atoms with Crippen LogP contribution in [-0.4, -0.2) is 10.9 Å². The van der Waals surface area contributed by atoms with Crippen molar-refractivity contribution in [3.63, 3.8) is 0 Å². The summed E-state index contributed by atoms with van der Waals surface area (Å²) in [5.74, 6) is 0.0707. The van der Waals surface area contributed by atoms with Crippen LogP contribution in [0.4, 0.5) is 0 Å². The standard InChI is InChI=1S/C14H20O2/c1-13(2,3)12(15)10-14(4,16)11-8-6-5-7-9-11/h5-9,16H,10H2,1-4H3/t14-/m0/s1. The van der Waals surface area contributed by atoms with E-state index in [9.17, 15) is 9.90 Å². The molecule has 88 valence electrons. The Morgan fingerprint density at radius 1 is 1.12 bits per heavy atom. The van der Waals surface area contributed by atoms with E-state index in [4.69, 9.17) is 0 Å². The quantitative estimate of drug-likeness (QED) is 0.850. The third-order valence-electron chi connectivity index (χ3n) is 2.74. The topological polar surface area (TPSA) is 37.3 Å². The number of rotatable bonds is 3. The average molecular weight is 220 g/mol. The van der Waals surface area contributed by atoms with Gasteiger partial charge in [0.25, 0.3) is 0 Å². The number of benzene rings is 1. The van der Waals surface area contributed by atoms with Crippen LogP contribution < -0.4 is 0 Å². The van der Waals surface area contributed by atoms with Gasteiger partial charge in [-0.15, -0.1) is 0 Å². The molecule has 1 aromatic rings. The summed E-state index contributed by atoms with van der Waals surface area (Å²) in [5.41, 5.74) is -0.697. The maximum Gasteiger partial charge on any atom is 0.141 e. The Morgan fingerprint density at radius 3 is 2.06 bits per heavy atom. The van der Waals surface area contributed by atoms with Gasteiger partial charge in [0.2, 0.25) is 0 Å². The van der Waals surface area contributed by atoms with Gasteiger partial charge in [-0.2, -0.15) is 0 Å². The van der Waals surface area contributed by atoms with Gasteiger partial charge in [0.15, 0.2) is 0 Å². The average Bonchev–Trinajstić information content (AvgIpc) is 2.17. The molecule has 2 nitrogen and oxygen atoms in total. The highest BCUT2D eigenvalue weighted by Crippen LogP contribution is 2.29. The molecule has 1 aromatic carbocycles. The summed E-state index contributed by atoms with van der Waals surface area (Å²) in [7, 11) is 0. The second kappa shape index (κ2) is 4.38. The van der Waals surface area contributed by atoms with E-state index in [1.807, 2.05) is 51.1 Å². The minimum absolute atomic E-state index is 0.0707. The lowest BCUT2D eigenvalue weighted by atomic mass is 9.81. The van der Waals surface area contributed by atoms with Crippen LogP contribution in [0.5, 0.6) is 0 Å². The van der Waals surface area contributed by atoms with Gasteiger partial charge in [-0.05, 0) is 12.5 Å². The highest BCUT2D eigenvalue weighted by Gasteiger charge is 2.31. The second-order valence-corrected chi connectivity index (χ2v) is 5.49. The van der Waals surface area contributed by atoms with E-state index >= 15 is 0 Å². The van der Waals surface area contributed by atoms with Crippen molar-refractivity contribution in [1.29, 1.82) is 0 Å². The van der Waals surface area contributed by atoms with Gasteiger partial charge < -0.3 is 5.11 Å². The first-order valence-electron chi connectivity index (χ1n) is 5.55. The molecule has 0 fully saturated rings. The molecule has 0 spiro atoms. The number of Topliss-reactive ketones (excluding diaryl/α,β-unsaturated/α-hetero) is 1. The largest absolute Gasteiger partial charge is 0.385 e. The molecule has 1 N–H and O–H groups in total. The van der Waals surface area contributed by atoms with Crippen LogP contribution in [0.3, 0.4) is 0 Å². The van der Waals surface area contributed by atoms with Crippen LogP contribution in [0.15, 0.2) is 30.3 Å². The molecule has 16 heavy (non-hydrogen) atoms. The highest BCUT2D eigenvalue weighted by molar-refractivity contribution is 5.84. The number of carbonyl (C=O) groups excluding carboxylic acids is 1. The maximum absolute atomic E-state index is 11.9. The molecular weight excluding hydrogens is 200 g/mol. The molecular formula is C14H20O2. The van der Waals surface area contributed by atoms with Crippen molar-refractivity contribution < 1.29 is 9.90 Å². The van der Waals surface area contributed by atoms with Gasteiger partial charge in [-0.1, -0.05) is 51.1 Å². The van der Waals surface area contributed by atoms with Gasteiger partial charge in [-0.25, -0.2) is 0 Å². The summed E-state index contributed by atoms with van der Waals surface area (Å²) in [6.07, 6.45) is 0.153. The van der Waals surface area contributed by atoms with Crippen molar-refractivity contribution in [2.75, 3.05) is 0 Å². The molecule has 0 aliphatic carbocycles. The number of hydrogen-bond acceptors (Lipinski definition) is 2. The molecule has 0 aromatic heterocycles. The van der Waals surface area contributed by atoms with Crippen LogP contribution in [0, 0.1) is 5.41 Å². The predicted molar refractivity (Wildman–Crippen MR) is 65.1 cm³/mol. The van der Waals surface area contributed by atoms with Crippen LogP contribution in [-0.2, 0) is 10.4 Å². The summed E-state index contributed by atoms with van der Waals surface area (Å²) in [6, 6.07) is 9.31. The fourth-order valence-corrected chi connectivity index (χ4v) is 1.48. The SMILES string of the molecule is CC(C)(C)C(=O)C[C@](C)(O)c1ccccc1. The molecule has 2 heteroatoms. The first kappa shape index (κ1) is 12.9. The van der Waals surface area contributed by atoms with Crippen LogP contribution in [0.2, 0.25) is 0 Å². The zero-order valence-corrected chi connectivity index (χ0v) is 10.4. The predicted octanol–water partition coefficient (Wildman–Crippen LogP) is 2.90. The Hall–Kier alpha value is -1.15. The smallest absolute Gasteiger partial charge is 0.141 e. The first-order chi connectivity index (χ1) is 7.23. The van der Waals surface area contributed by atoms with E-state index in [0.717, 1.165) is 5.56 Å². The minimum Gasteiger partial charge on any atom is -0.385 e. The van der Waals surface area contributed by atoms with Crippen LogP contribution >= 0.6 is 0 Å². The summed E-state index contributed by atoms with van der Waals surface area (Å²) in [6.45, 7) is 7.30. The van der Waals surface area contributed by atoms with Gasteiger partial charge in [-0.3, -0.25) is 4.79 Å². The lowest BCUT2D eigenvalue weighted by Crippen LogP contribution is -2.31. The van der Waals surface area contributed by atoms with Crippen molar-refractivity contribution in [2.45, 2.75) is 39.7 Å². The van der Waals surface area contributed by atoms with Crippen molar-refractivity contribution in [1.82, 2.24) is 0 Å². The molecule has 0 saturated carbocycles. The zero-order chi connectivity index (χ0) is 12.4. The van der Waals surface area contributed by atoms with E-state index in [0.29, 0.717) is 0 Å². The Morgan fingerprint density at radius 2 is 1.62 bits per heavy atom. The number of aliphatic hydroxyl groups is 1. The number of hydrogen-bond donors (Lipinski definition) is 1. The van der Waals surface area contributed by atoms with Crippen LogP contribution in [0.25, 0.3) is 0 Å². The van der Waals surface area contributed by atoms with Gasteiger partial charge in [0.1, 0.15) is 5.78 Å². The van der Waals surface area contributed by atoms with Crippen LogP contribution in [0.1, 0.15) is 39.7 Å². The fourth-order valence-electron chi connectivity index (χ4n) is 1.48. The van der Waals surface area contributed by atoms with E-state index in [-0.39, 0.29) is 12.2 Å². The third-order valence-corrected chi connectivity index (χ3v) is 2.74. The Kier molecular flexibility index (Phi) is 3.54. The number of carbonyl (C=O) groups is 1. The molecule has 0 unspecified atom stereocenters. The molecule has 0 amide bonds. The fraction of sp³-hybridized carbons (Fsp3) is 0.500. The normalized spacial score (nSPS) is 15.6. The molecule has 0 aliphatic heterocycles. The molecule has 1 rings (SSSR count). The first-order valence-corrected chi connectivity index (χ1v) is 5.55. The monoisotopic (exact) mass is 220 g/mol. The van der Waals surface area contributed by atoms with Gasteiger partial charge in [0.05, 0.1) is 5.60 Å². The summed E-state index contributed by atoms with van der Waals surface area (Å²) in [4.78, 5) is 11.9. The van der Waals surface area contributed by atoms with Crippen molar-refractivity contribution in [3.8, 4) is 0 Å². The zero-order valence-electron chi connectivity index (χ0n) is 10.4. The van der Waals surface area contributed by atoms with Gasteiger partial charge >= 0.3 is 0 Å². The van der Waals surface area contributed by atoms with E-state index in [2.05, 4.69) is 0 Å². The molecule has 0 radical (unpaired) electrons. The lowest BCUT2D eigenvalue weighted by Gasteiger charge is -2.27. The van der Waals surface area contributed by atoms with Crippen molar-refractivity contribution in [2.24, 2.45) is 5.41 Å². The number of ketones is 1.